The van der Waals surface area contributed by atoms with Crippen LogP contribution in [-0.2, 0) is 16.8 Å². The number of carbonyl (C=O) groups is 1. The van der Waals surface area contributed by atoms with Crippen LogP contribution in [0.25, 0.3) is 0 Å². The molecule has 0 radical (unpaired) electrons. The molecule has 0 heterocycles. The van der Waals surface area contributed by atoms with E-state index in [2.05, 4.69) is 83.0 Å². The lowest BCUT2D eigenvalue weighted by Crippen LogP contribution is -2.24. The zero-order chi connectivity index (χ0) is 25.7. The second-order valence-electron chi connectivity index (χ2n) is 10.4. The molecular formula is C33H46O2. The molecule has 1 fully saturated rings. The molecule has 2 heteroatoms. The van der Waals surface area contributed by atoms with E-state index in [0.29, 0.717) is 31.1 Å². The van der Waals surface area contributed by atoms with Gasteiger partial charge in [0.05, 0.1) is 0 Å². The maximum absolute atomic E-state index is 12.4. The summed E-state index contributed by atoms with van der Waals surface area (Å²) in [5.41, 5.74) is 3.78. The number of hydrogen-bond acceptors (Lipinski definition) is 2. The Morgan fingerprint density at radius 2 is 1.80 bits per heavy atom. The van der Waals surface area contributed by atoms with E-state index in [1.54, 1.807) is 0 Å². The molecule has 190 valence electrons. The largest absolute Gasteiger partial charge is 0.489 e. The summed E-state index contributed by atoms with van der Waals surface area (Å²) in [5.74, 6) is 1.98. The fourth-order valence-corrected chi connectivity index (χ4v) is 5.18. The first kappa shape index (κ1) is 28.6. The van der Waals surface area contributed by atoms with Crippen LogP contribution in [0.4, 0.5) is 0 Å². The van der Waals surface area contributed by atoms with Crippen molar-refractivity contribution in [1.82, 2.24) is 0 Å². The van der Waals surface area contributed by atoms with Crippen molar-refractivity contribution in [1.29, 1.82) is 0 Å². The molecule has 35 heavy (non-hydrogen) atoms. The highest BCUT2D eigenvalue weighted by atomic mass is 16.5. The smallest absolute Gasteiger partial charge is 0.133 e. The molecule has 1 saturated carbocycles. The first-order valence-electron chi connectivity index (χ1n) is 13.4. The van der Waals surface area contributed by atoms with Gasteiger partial charge in [0.1, 0.15) is 18.1 Å². The highest BCUT2D eigenvalue weighted by molar-refractivity contribution is 5.80. The molecule has 2 atom stereocenters. The van der Waals surface area contributed by atoms with E-state index in [4.69, 9.17) is 4.74 Å². The van der Waals surface area contributed by atoms with Crippen molar-refractivity contribution in [3.8, 4) is 5.75 Å². The monoisotopic (exact) mass is 474 g/mol. The lowest BCUT2D eigenvalue weighted by Gasteiger charge is -2.33. The molecule has 2 nitrogen and oxygen atoms in total. The van der Waals surface area contributed by atoms with Gasteiger partial charge < -0.3 is 4.74 Å². The number of allylic oxidation sites excluding steroid dienone is 1. The molecule has 0 unspecified atom stereocenters. The van der Waals surface area contributed by atoms with Crippen LogP contribution in [0, 0.1) is 5.92 Å². The topological polar surface area (TPSA) is 26.3 Å². The van der Waals surface area contributed by atoms with E-state index in [-0.39, 0.29) is 11.3 Å². The molecule has 0 aliphatic heterocycles. The zero-order valence-electron chi connectivity index (χ0n) is 22.4. The molecule has 0 aromatic heterocycles. The molecule has 0 saturated heterocycles. The number of unbranched alkanes of at least 4 members (excludes halogenated alkanes) is 3. The van der Waals surface area contributed by atoms with Gasteiger partial charge in [0, 0.05) is 12.8 Å². The molecule has 0 bridgehead atoms. The van der Waals surface area contributed by atoms with Gasteiger partial charge in [-0.25, -0.2) is 0 Å². The molecule has 3 rings (SSSR count). The number of rotatable bonds is 12. The average molecular weight is 475 g/mol. The van der Waals surface area contributed by atoms with Crippen molar-refractivity contribution >= 4 is 5.78 Å². The van der Waals surface area contributed by atoms with Gasteiger partial charge in [0.2, 0.25) is 0 Å². The summed E-state index contributed by atoms with van der Waals surface area (Å²) in [5, 5.41) is 0. The Balaban J connectivity index is 0.00000210. The fraction of sp³-hybridized carbons (Fsp3) is 0.485. The number of hydrogen-bond donors (Lipinski definition) is 0. The number of ketones is 1. The van der Waals surface area contributed by atoms with Gasteiger partial charge in [-0.3, -0.25) is 4.79 Å². The number of carbonyl (C=O) groups excluding carboxylic acids is 1. The average Bonchev–Trinajstić information content (AvgIpc) is 2.88. The number of ether oxygens (including phenoxy) is 1. The van der Waals surface area contributed by atoms with Gasteiger partial charge in [-0.1, -0.05) is 95.0 Å². The lowest BCUT2D eigenvalue weighted by molar-refractivity contribution is -0.121. The Morgan fingerprint density at radius 3 is 2.49 bits per heavy atom. The van der Waals surface area contributed by atoms with E-state index in [1.165, 1.54) is 43.2 Å². The second kappa shape index (κ2) is 14.7. The van der Waals surface area contributed by atoms with Crippen LogP contribution in [0.1, 0.15) is 101 Å². The van der Waals surface area contributed by atoms with Crippen LogP contribution in [-0.4, -0.2) is 5.78 Å². The van der Waals surface area contributed by atoms with Crippen molar-refractivity contribution in [3.63, 3.8) is 0 Å². The SMILES string of the molecule is C=C.C=CC[C@@H]1CCC(=O)C[C@H]1c1ccc(C(C)(C)CCCCCC)cc1OCc1ccccc1. The summed E-state index contributed by atoms with van der Waals surface area (Å²) < 4.78 is 6.48. The molecule has 2 aromatic carbocycles. The first-order valence-corrected chi connectivity index (χ1v) is 13.4. The highest BCUT2D eigenvalue weighted by Gasteiger charge is 2.32. The van der Waals surface area contributed by atoms with Gasteiger partial charge in [-0.15, -0.1) is 19.7 Å². The summed E-state index contributed by atoms with van der Waals surface area (Å²) in [6.07, 6.45) is 11.5. The highest BCUT2D eigenvalue weighted by Crippen LogP contribution is 2.44. The number of benzene rings is 2. The standard InChI is InChI=1S/C31H42O2.C2H4/c1-5-7-8-12-20-31(3,4)26-17-19-28(29-22-27(32)18-16-25(29)13-6-2)30(21-26)33-23-24-14-10-9-11-15-24;1-2/h6,9-11,14-15,17,19,21,25,29H,2,5,7-8,12-13,16,18,20,22-23H2,1,3-4H3;1-2H2/t25-,29-;/m1./s1. The van der Waals surface area contributed by atoms with Crippen molar-refractivity contribution in [2.24, 2.45) is 5.92 Å². The Morgan fingerprint density at radius 1 is 1.06 bits per heavy atom. The Bertz CT molecular complexity index is 912. The van der Waals surface area contributed by atoms with Crippen molar-refractivity contribution in [3.05, 3.63) is 91.0 Å². The third-order valence-corrected chi connectivity index (χ3v) is 7.37. The van der Waals surface area contributed by atoms with Crippen molar-refractivity contribution in [2.45, 2.75) is 96.5 Å². The summed E-state index contributed by atoms with van der Waals surface area (Å²) in [6, 6.07) is 17.1. The Hall–Kier alpha value is -2.61. The minimum atomic E-state index is 0.0973. The minimum absolute atomic E-state index is 0.0973. The van der Waals surface area contributed by atoms with Gasteiger partial charge in [-0.05, 0) is 59.3 Å². The molecule has 1 aliphatic carbocycles. The molecule has 0 spiro atoms. The molecule has 1 aliphatic rings. The van der Waals surface area contributed by atoms with Gasteiger partial charge >= 0.3 is 0 Å². The summed E-state index contributed by atoms with van der Waals surface area (Å²) >= 11 is 0. The molecular weight excluding hydrogens is 428 g/mol. The third-order valence-electron chi connectivity index (χ3n) is 7.37. The maximum atomic E-state index is 12.4. The van der Waals surface area contributed by atoms with Crippen LogP contribution >= 0.6 is 0 Å². The van der Waals surface area contributed by atoms with Gasteiger partial charge in [0.25, 0.3) is 0 Å². The summed E-state index contributed by atoms with van der Waals surface area (Å²) in [7, 11) is 0. The second-order valence-corrected chi connectivity index (χ2v) is 10.4. The predicted molar refractivity (Wildman–Crippen MR) is 150 cm³/mol. The Kier molecular flexibility index (Phi) is 12.0. The molecule has 0 N–H and O–H groups in total. The van der Waals surface area contributed by atoms with E-state index in [9.17, 15) is 4.79 Å². The quantitative estimate of drug-likeness (QED) is 0.226. The molecule has 2 aromatic rings. The van der Waals surface area contributed by atoms with Crippen LogP contribution in [0.5, 0.6) is 5.75 Å². The third kappa shape index (κ3) is 8.53. The normalized spacial score (nSPS) is 17.9. The van der Waals surface area contributed by atoms with Crippen LogP contribution in [0.15, 0.2) is 74.3 Å². The van der Waals surface area contributed by atoms with Gasteiger partial charge in [0.15, 0.2) is 0 Å². The number of Topliss-reactive ketones (excluding diaryl/α,β-unsaturated/α-hetero) is 1. The van der Waals surface area contributed by atoms with Crippen molar-refractivity contribution in [2.75, 3.05) is 0 Å². The fourth-order valence-electron chi connectivity index (χ4n) is 5.18. The predicted octanol–water partition coefficient (Wildman–Crippen LogP) is 9.34. The van der Waals surface area contributed by atoms with E-state index in [1.807, 2.05) is 12.1 Å². The van der Waals surface area contributed by atoms with E-state index in [0.717, 1.165) is 24.2 Å². The Labute approximate surface area is 214 Å². The van der Waals surface area contributed by atoms with Crippen LogP contribution in [0.3, 0.4) is 0 Å². The van der Waals surface area contributed by atoms with Crippen molar-refractivity contribution < 1.29 is 9.53 Å². The molecule has 0 amide bonds. The summed E-state index contributed by atoms with van der Waals surface area (Å²) in [4.78, 5) is 12.4. The van der Waals surface area contributed by atoms with Gasteiger partial charge in [-0.2, -0.15) is 0 Å². The van der Waals surface area contributed by atoms with E-state index >= 15 is 0 Å². The minimum Gasteiger partial charge on any atom is -0.489 e. The van der Waals surface area contributed by atoms with Crippen LogP contribution in [0.2, 0.25) is 0 Å². The van der Waals surface area contributed by atoms with Crippen LogP contribution < -0.4 is 4.74 Å². The first-order chi connectivity index (χ1) is 16.9. The summed E-state index contributed by atoms with van der Waals surface area (Å²) in [6.45, 7) is 17.5. The lowest BCUT2D eigenvalue weighted by atomic mass is 9.72. The maximum Gasteiger partial charge on any atom is 0.133 e. The zero-order valence-corrected chi connectivity index (χ0v) is 22.4. The van der Waals surface area contributed by atoms with E-state index < -0.39 is 0 Å².